The number of aliphatic hydroxyl groups is 1. The topological polar surface area (TPSA) is 95.7 Å². The molecule has 1 spiro atoms. The first-order valence-electron chi connectivity index (χ1n) is 5.07. The lowest BCUT2D eigenvalue weighted by atomic mass is 9.87. The molecule has 0 bridgehead atoms. The van der Waals surface area contributed by atoms with Crippen molar-refractivity contribution in [1.29, 1.82) is 0 Å². The van der Waals surface area contributed by atoms with E-state index in [1.165, 1.54) is 0 Å². The Bertz CT molecular complexity index is 307. The van der Waals surface area contributed by atoms with E-state index in [2.05, 4.69) is 5.32 Å². The van der Waals surface area contributed by atoms with E-state index in [4.69, 9.17) is 10.8 Å². The van der Waals surface area contributed by atoms with Gasteiger partial charge in [0.2, 0.25) is 11.8 Å². The van der Waals surface area contributed by atoms with E-state index >= 15 is 0 Å². The van der Waals surface area contributed by atoms with E-state index in [1.807, 2.05) is 0 Å². The van der Waals surface area contributed by atoms with Gasteiger partial charge < -0.3 is 16.2 Å². The number of rotatable bonds is 3. The number of carbonyl (C=O) groups is 2. The standard InChI is InChI=1S/C9H15N3O3/c10-7(14)6(4-13)12-3-1-2-9(12)5-11-8(9)15/h6,13H,1-5H2,(H2,10,14)(H,11,15)/t6-,9+/m0/s1. The molecule has 6 heteroatoms. The summed E-state index contributed by atoms with van der Waals surface area (Å²) in [5, 5.41) is 11.8. The molecule has 0 aromatic rings. The maximum absolute atomic E-state index is 11.5. The Labute approximate surface area is 87.4 Å². The second kappa shape index (κ2) is 3.46. The van der Waals surface area contributed by atoms with Crippen LogP contribution in [0.3, 0.4) is 0 Å². The van der Waals surface area contributed by atoms with Gasteiger partial charge in [-0.1, -0.05) is 0 Å². The summed E-state index contributed by atoms with van der Waals surface area (Å²) in [5.41, 5.74) is 4.62. The van der Waals surface area contributed by atoms with Crippen molar-refractivity contribution in [1.82, 2.24) is 10.2 Å². The Morgan fingerprint density at radius 3 is 2.87 bits per heavy atom. The fraction of sp³-hybridized carbons (Fsp3) is 0.778. The maximum atomic E-state index is 11.5. The Balaban J connectivity index is 2.20. The van der Waals surface area contributed by atoms with Gasteiger partial charge in [0, 0.05) is 13.1 Å². The van der Waals surface area contributed by atoms with E-state index in [1.54, 1.807) is 4.90 Å². The molecule has 2 fully saturated rings. The first-order valence-corrected chi connectivity index (χ1v) is 5.07. The van der Waals surface area contributed by atoms with Crippen molar-refractivity contribution in [2.75, 3.05) is 19.7 Å². The van der Waals surface area contributed by atoms with E-state index in [0.29, 0.717) is 13.1 Å². The predicted molar refractivity (Wildman–Crippen MR) is 51.7 cm³/mol. The number of nitrogens with one attached hydrogen (secondary N) is 1. The van der Waals surface area contributed by atoms with Gasteiger partial charge in [-0.15, -0.1) is 0 Å². The van der Waals surface area contributed by atoms with Crippen LogP contribution in [0, 0.1) is 0 Å². The highest BCUT2D eigenvalue weighted by molar-refractivity contribution is 5.94. The van der Waals surface area contributed by atoms with Crippen LogP contribution in [0.4, 0.5) is 0 Å². The first-order chi connectivity index (χ1) is 7.12. The summed E-state index contributed by atoms with van der Waals surface area (Å²) < 4.78 is 0. The molecule has 0 aromatic carbocycles. The summed E-state index contributed by atoms with van der Waals surface area (Å²) in [6, 6.07) is -0.737. The van der Waals surface area contributed by atoms with Gasteiger partial charge in [0.25, 0.3) is 0 Å². The number of aliphatic hydroxyl groups excluding tert-OH is 1. The minimum absolute atomic E-state index is 0.0558. The molecule has 84 valence electrons. The SMILES string of the molecule is NC(=O)[C@H](CO)N1CCC[C@]12CNC2=O. The third kappa shape index (κ3) is 1.32. The molecule has 4 N–H and O–H groups in total. The normalized spacial score (nSPS) is 32.5. The second-order valence-electron chi connectivity index (χ2n) is 4.11. The van der Waals surface area contributed by atoms with Crippen LogP contribution in [0.25, 0.3) is 0 Å². The molecule has 0 saturated carbocycles. The van der Waals surface area contributed by atoms with E-state index in [-0.39, 0.29) is 12.5 Å². The van der Waals surface area contributed by atoms with Crippen LogP contribution in [0.1, 0.15) is 12.8 Å². The van der Waals surface area contributed by atoms with Crippen LogP contribution in [0.15, 0.2) is 0 Å². The zero-order valence-electron chi connectivity index (χ0n) is 8.40. The number of β-lactam (4-membered cyclic amide) rings is 1. The number of nitrogens with two attached hydrogens (primary N) is 1. The van der Waals surface area contributed by atoms with Crippen LogP contribution >= 0.6 is 0 Å². The highest BCUT2D eigenvalue weighted by Crippen LogP contribution is 2.35. The van der Waals surface area contributed by atoms with Crippen LogP contribution in [-0.2, 0) is 9.59 Å². The molecule has 2 heterocycles. The van der Waals surface area contributed by atoms with Crippen molar-refractivity contribution < 1.29 is 14.7 Å². The van der Waals surface area contributed by atoms with E-state index in [0.717, 1.165) is 12.8 Å². The average Bonchev–Trinajstić information content (AvgIpc) is 2.63. The zero-order valence-corrected chi connectivity index (χ0v) is 8.40. The molecule has 2 aliphatic heterocycles. The van der Waals surface area contributed by atoms with E-state index in [9.17, 15) is 9.59 Å². The van der Waals surface area contributed by atoms with Gasteiger partial charge in [-0.25, -0.2) is 0 Å². The largest absolute Gasteiger partial charge is 0.394 e. The summed E-state index contributed by atoms with van der Waals surface area (Å²) in [5.74, 6) is -0.627. The summed E-state index contributed by atoms with van der Waals surface area (Å²) in [7, 11) is 0. The molecular formula is C9H15N3O3. The van der Waals surface area contributed by atoms with Crippen LogP contribution in [0.2, 0.25) is 0 Å². The lowest BCUT2D eigenvalue weighted by Gasteiger charge is -2.46. The molecule has 2 aliphatic rings. The van der Waals surface area contributed by atoms with Gasteiger partial charge in [0.1, 0.15) is 11.6 Å². The fourth-order valence-electron chi connectivity index (χ4n) is 2.49. The molecule has 2 amide bonds. The maximum Gasteiger partial charge on any atom is 0.242 e. The Morgan fingerprint density at radius 1 is 1.73 bits per heavy atom. The number of hydrogen-bond acceptors (Lipinski definition) is 4. The van der Waals surface area contributed by atoms with Crippen molar-refractivity contribution in [2.45, 2.75) is 24.4 Å². The first kappa shape index (κ1) is 10.4. The molecule has 2 saturated heterocycles. The summed E-state index contributed by atoms with van der Waals surface area (Å²) >= 11 is 0. The van der Waals surface area contributed by atoms with Crippen molar-refractivity contribution in [2.24, 2.45) is 5.73 Å². The third-order valence-electron chi connectivity index (χ3n) is 3.38. The number of likely N-dealkylation sites (tertiary alicyclic amines) is 1. The Hall–Kier alpha value is -1.14. The van der Waals surface area contributed by atoms with E-state index < -0.39 is 17.5 Å². The lowest BCUT2D eigenvalue weighted by molar-refractivity contribution is -0.146. The molecule has 0 unspecified atom stereocenters. The summed E-state index contributed by atoms with van der Waals surface area (Å²) in [6.07, 6.45) is 1.60. The Morgan fingerprint density at radius 2 is 2.47 bits per heavy atom. The lowest BCUT2D eigenvalue weighted by Crippen LogP contribution is -2.73. The quantitative estimate of drug-likeness (QED) is 0.463. The highest BCUT2D eigenvalue weighted by atomic mass is 16.3. The number of primary amides is 1. The number of carbonyl (C=O) groups excluding carboxylic acids is 2. The fourth-order valence-corrected chi connectivity index (χ4v) is 2.49. The van der Waals surface area contributed by atoms with Gasteiger partial charge in [-0.05, 0) is 12.8 Å². The minimum Gasteiger partial charge on any atom is -0.394 e. The van der Waals surface area contributed by atoms with Gasteiger partial charge in [-0.3, -0.25) is 14.5 Å². The highest BCUT2D eigenvalue weighted by Gasteiger charge is 2.56. The monoisotopic (exact) mass is 213 g/mol. The smallest absolute Gasteiger partial charge is 0.242 e. The third-order valence-corrected chi connectivity index (χ3v) is 3.38. The average molecular weight is 213 g/mol. The molecule has 0 aliphatic carbocycles. The van der Waals surface area contributed by atoms with Crippen molar-refractivity contribution >= 4 is 11.8 Å². The van der Waals surface area contributed by atoms with Gasteiger partial charge in [0.05, 0.1) is 6.61 Å². The number of hydrogen-bond donors (Lipinski definition) is 3. The molecule has 0 aromatic heterocycles. The van der Waals surface area contributed by atoms with Crippen molar-refractivity contribution in [3.05, 3.63) is 0 Å². The molecular weight excluding hydrogens is 198 g/mol. The molecule has 2 rings (SSSR count). The summed E-state index contributed by atoms with van der Waals surface area (Å²) in [4.78, 5) is 24.4. The van der Waals surface area contributed by atoms with Crippen molar-refractivity contribution in [3.63, 3.8) is 0 Å². The zero-order chi connectivity index (χ0) is 11.1. The number of nitrogens with zero attached hydrogens (tertiary/aromatic N) is 1. The molecule has 15 heavy (non-hydrogen) atoms. The van der Waals surface area contributed by atoms with Gasteiger partial charge >= 0.3 is 0 Å². The molecule has 0 radical (unpaired) electrons. The number of amides is 2. The second-order valence-corrected chi connectivity index (χ2v) is 4.11. The summed E-state index contributed by atoms with van der Waals surface area (Å²) in [6.45, 7) is 0.863. The van der Waals surface area contributed by atoms with Crippen LogP contribution < -0.4 is 11.1 Å². The minimum atomic E-state index is -0.737. The predicted octanol–water partition coefficient (Wildman–Crippen LogP) is -2.20. The van der Waals surface area contributed by atoms with Crippen molar-refractivity contribution in [3.8, 4) is 0 Å². The van der Waals surface area contributed by atoms with Crippen LogP contribution in [0.5, 0.6) is 0 Å². The van der Waals surface area contributed by atoms with Crippen LogP contribution in [-0.4, -0.2) is 53.1 Å². The van der Waals surface area contributed by atoms with Gasteiger partial charge in [-0.2, -0.15) is 0 Å². The Kier molecular flexibility index (Phi) is 2.40. The molecule has 6 nitrogen and oxygen atoms in total. The molecule has 2 atom stereocenters. The van der Waals surface area contributed by atoms with Gasteiger partial charge in [0.15, 0.2) is 0 Å².